The van der Waals surface area contributed by atoms with Crippen LogP contribution in [0.3, 0.4) is 0 Å². The zero-order valence-corrected chi connectivity index (χ0v) is 10.6. The van der Waals surface area contributed by atoms with Crippen LogP contribution in [0.1, 0.15) is 17.5 Å². The van der Waals surface area contributed by atoms with Gasteiger partial charge in [-0.2, -0.15) is 0 Å². The lowest BCUT2D eigenvalue weighted by Crippen LogP contribution is -2.27. The van der Waals surface area contributed by atoms with E-state index >= 15 is 0 Å². The van der Waals surface area contributed by atoms with E-state index < -0.39 is 0 Å². The van der Waals surface area contributed by atoms with E-state index in [1.54, 1.807) is 13.3 Å². The topological polar surface area (TPSA) is 84.0 Å². The second kappa shape index (κ2) is 5.22. The number of aryl methyl sites for hydroxylation is 1. The lowest BCUT2D eigenvalue weighted by atomic mass is 10.1. The Labute approximate surface area is 106 Å². The first-order valence-electron chi connectivity index (χ1n) is 5.88. The number of nitrogens with zero attached hydrogens (tertiary/aromatic N) is 3. The number of rotatable bonds is 3. The Hall–Kier alpha value is -1.82. The van der Waals surface area contributed by atoms with E-state index in [1.807, 2.05) is 13.0 Å². The molecule has 0 bridgehead atoms. The summed E-state index contributed by atoms with van der Waals surface area (Å²) >= 11 is 0. The highest BCUT2D eigenvalue weighted by atomic mass is 16.5. The molecule has 2 rings (SSSR count). The molecule has 1 atom stereocenters. The van der Waals surface area contributed by atoms with Crippen LogP contribution < -0.4 is 10.6 Å². The fourth-order valence-electron chi connectivity index (χ4n) is 2.26. The van der Waals surface area contributed by atoms with Crippen LogP contribution in [0.2, 0.25) is 0 Å². The number of aromatic nitrogens is 1. The van der Waals surface area contributed by atoms with Crippen molar-refractivity contribution in [2.24, 2.45) is 10.9 Å². The molecule has 1 aromatic heterocycles. The summed E-state index contributed by atoms with van der Waals surface area (Å²) in [6, 6.07) is 1.85. The highest BCUT2D eigenvalue weighted by Crippen LogP contribution is 2.25. The van der Waals surface area contributed by atoms with Gasteiger partial charge in [0, 0.05) is 26.4 Å². The van der Waals surface area contributed by atoms with Crippen molar-refractivity contribution in [3.8, 4) is 0 Å². The Balaban J connectivity index is 2.36. The molecular weight excluding hydrogens is 232 g/mol. The SMILES string of the molecule is COC1CCN(c2nccc(C)c2/C(N)=N/O)C1. The van der Waals surface area contributed by atoms with E-state index in [2.05, 4.69) is 15.0 Å². The second-order valence-electron chi connectivity index (χ2n) is 4.40. The van der Waals surface area contributed by atoms with Crippen molar-refractivity contribution < 1.29 is 9.94 Å². The fraction of sp³-hybridized carbons (Fsp3) is 0.500. The molecule has 98 valence electrons. The maximum atomic E-state index is 8.87. The van der Waals surface area contributed by atoms with Crippen molar-refractivity contribution in [3.05, 3.63) is 23.4 Å². The summed E-state index contributed by atoms with van der Waals surface area (Å²) in [5.74, 6) is 0.848. The lowest BCUT2D eigenvalue weighted by molar-refractivity contribution is 0.121. The van der Waals surface area contributed by atoms with Crippen molar-refractivity contribution in [1.82, 2.24) is 4.98 Å². The Morgan fingerprint density at radius 3 is 3.06 bits per heavy atom. The molecule has 1 saturated heterocycles. The Morgan fingerprint density at radius 1 is 1.67 bits per heavy atom. The largest absolute Gasteiger partial charge is 0.409 e. The van der Waals surface area contributed by atoms with Gasteiger partial charge < -0.3 is 20.6 Å². The van der Waals surface area contributed by atoms with Crippen molar-refractivity contribution in [2.45, 2.75) is 19.4 Å². The van der Waals surface area contributed by atoms with E-state index in [0.717, 1.165) is 30.9 Å². The van der Waals surface area contributed by atoms with Crippen molar-refractivity contribution in [2.75, 3.05) is 25.1 Å². The van der Waals surface area contributed by atoms with E-state index in [-0.39, 0.29) is 11.9 Å². The zero-order valence-electron chi connectivity index (χ0n) is 10.6. The lowest BCUT2D eigenvalue weighted by Gasteiger charge is -2.21. The van der Waals surface area contributed by atoms with Gasteiger partial charge in [-0.05, 0) is 25.0 Å². The summed E-state index contributed by atoms with van der Waals surface area (Å²) in [5.41, 5.74) is 7.37. The summed E-state index contributed by atoms with van der Waals surface area (Å²) in [5, 5.41) is 12.0. The maximum Gasteiger partial charge on any atom is 0.174 e. The maximum absolute atomic E-state index is 8.87. The molecule has 1 unspecified atom stereocenters. The molecule has 0 amide bonds. The summed E-state index contributed by atoms with van der Waals surface area (Å²) in [4.78, 5) is 6.46. The van der Waals surface area contributed by atoms with E-state index in [1.165, 1.54) is 0 Å². The van der Waals surface area contributed by atoms with E-state index in [9.17, 15) is 0 Å². The standard InChI is InChI=1S/C12H18N4O2/c1-8-3-5-14-12(10(8)11(13)15-17)16-6-4-9(7-16)18-2/h3,5,9,17H,4,6-7H2,1-2H3,(H2,13,15). The minimum Gasteiger partial charge on any atom is -0.409 e. The minimum absolute atomic E-state index is 0.0940. The molecule has 0 aromatic carbocycles. The Morgan fingerprint density at radius 2 is 2.44 bits per heavy atom. The number of ether oxygens (including phenoxy) is 1. The van der Waals surface area contributed by atoms with Crippen LogP contribution in [0, 0.1) is 6.92 Å². The number of methoxy groups -OCH3 is 1. The van der Waals surface area contributed by atoms with Gasteiger partial charge in [-0.15, -0.1) is 0 Å². The third-order valence-electron chi connectivity index (χ3n) is 3.28. The molecule has 6 nitrogen and oxygen atoms in total. The van der Waals surface area contributed by atoms with Crippen molar-refractivity contribution >= 4 is 11.7 Å². The van der Waals surface area contributed by atoms with Gasteiger partial charge in [-0.1, -0.05) is 5.16 Å². The minimum atomic E-state index is 0.0940. The normalized spacial score (nSPS) is 20.4. The summed E-state index contributed by atoms with van der Waals surface area (Å²) in [6.07, 6.45) is 2.91. The third kappa shape index (κ3) is 2.24. The van der Waals surface area contributed by atoms with E-state index in [4.69, 9.17) is 15.7 Å². The number of hydrogen-bond acceptors (Lipinski definition) is 5. The van der Waals surface area contributed by atoms with Gasteiger partial charge in [0.1, 0.15) is 5.82 Å². The highest BCUT2D eigenvalue weighted by molar-refractivity contribution is 6.02. The van der Waals surface area contributed by atoms with Crippen molar-refractivity contribution in [1.29, 1.82) is 0 Å². The van der Waals surface area contributed by atoms with Crippen LogP contribution in [0.15, 0.2) is 17.4 Å². The van der Waals surface area contributed by atoms with Crippen LogP contribution in [0.5, 0.6) is 0 Å². The monoisotopic (exact) mass is 250 g/mol. The number of nitrogens with two attached hydrogens (primary N) is 1. The number of pyridine rings is 1. The molecule has 1 aromatic rings. The first kappa shape index (κ1) is 12.6. The molecule has 1 fully saturated rings. The summed E-state index contributed by atoms with van der Waals surface area (Å²) in [7, 11) is 1.71. The predicted molar refractivity (Wildman–Crippen MR) is 69.1 cm³/mol. The van der Waals surface area contributed by atoms with E-state index in [0.29, 0.717) is 5.56 Å². The zero-order chi connectivity index (χ0) is 13.1. The van der Waals surface area contributed by atoms with Gasteiger partial charge in [0.15, 0.2) is 5.84 Å². The number of hydrogen-bond donors (Lipinski definition) is 2. The molecule has 2 heterocycles. The summed E-state index contributed by atoms with van der Waals surface area (Å²) < 4.78 is 5.34. The van der Waals surface area contributed by atoms with Crippen molar-refractivity contribution in [3.63, 3.8) is 0 Å². The number of oxime groups is 1. The van der Waals surface area contributed by atoms with Crippen LogP contribution in [0.25, 0.3) is 0 Å². The Bertz CT molecular complexity index is 461. The number of amidine groups is 1. The molecule has 1 aliphatic rings. The molecule has 0 spiro atoms. The highest BCUT2D eigenvalue weighted by Gasteiger charge is 2.26. The third-order valence-corrected chi connectivity index (χ3v) is 3.28. The van der Waals surface area contributed by atoms with Crippen LogP contribution in [-0.4, -0.2) is 42.3 Å². The van der Waals surface area contributed by atoms with Gasteiger partial charge in [0.05, 0.1) is 11.7 Å². The second-order valence-corrected chi connectivity index (χ2v) is 4.40. The first-order valence-corrected chi connectivity index (χ1v) is 5.88. The summed E-state index contributed by atoms with van der Waals surface area (Å²) in [6.45, 7) is 3.56. The number of anilines is 1. The van der Waals surface area contributed by atoms with Gasteiger partial charge in [0.25, 0.3) is 0 Å². The molecular formula is C12H18N4O2. The van der Waals surface area contributed by atoms with Gasteiger partial charge in [-0.25, -0.2) is 4.98 Å². The van der Waals surface area contributed by atoms with Crippen LogP contribution >= 0.6 is 0 Å². The van der Waals surface area contributed by atoms with Crippen LogP contribution in [-0.2, 0) is 4.74 Å². The predicted octanol–water partition coefficient (Wildman–Crippen LogP) is 0.710. The molecule has 0 aliphatic carbocycles. The van der Waals surface area contributed by atoms with Gasteiger partial charge in [0.2, 0.25) is 0 Å². The quantitative estimate of drug-likeness (QED) is 0.357. The molecule has 0 radical (unpaired) electrons. The molecule has 1 aliphatic heterocycles. The molecule has 3 N–H and O–H groups in total. The molecule has 18 heavy (non-hydrogen) atoms. The molecule has 0 saturated carbocycles. The van der Waals surface area contributed by atoms with Gasteiger partial charge >= 0.3 is 0 Å². The fourth-order valence-corrected chi connectivity index (χ4v) is 2.26. The average molecular weight is 250 g/mol. The Kier molecular flexibility index (Phi) is 3.66. The van der Waals surface area contributed by atoms with Crippen LogP contribution in [0.4, 0.5) is 5.82 Å². The average Bonchev–Trinajstić information content (AvgIpc) is 2.86. The van der Waals surface area contributed by atoms with Gasteiger partial charge in [-0.3, -0.25) is 0 Å². The first-order chi connectivity index (χ1) is 8.67. The smallest absolute Gasteiger partial charge is 0.174 e. The molecule has 6 heteroatoms.